The van der Waals surface area contributed by atoms with Crippen LogP contribution >= 0.6 is 22.6 Å². The van der Waals surface area contributed by atoms with Crippen LogP contribution < -0.4 is 0 Å². The van der Waals surface area contributed by atoms with Gasteiger partial charge in [-0.3, -0.25) is 9.59 Å². The summed E-state index contributed by atoms with van der Waals surface area (Å²) < 4.78 is 8.96. The van der Waals surface area contributed by atoms with Gasteiger partial charge in [0.1, 0.15) is 3.92 Å². The molecule has 0 aromatic heterocycles. The van der Waals surface area contributed by atoms with E-state index in [-0.39, 0.29) is 11.9 Å². The Labute approximate surface area is 97.5 Å². The van der Waals surface area contributed by atoms with Crippen molar-refractivity contribution in [3.63, 3.8) is 0 Å². The molecule has 0 aromatic rings. The number of halogens is 1. The molecule has 2 atom stereocenters. The molecule has 4 nitrogen and oxygen atoms in total. The fraction of sp³-hybridized carbons (Fsp3) is 0.778. The van der Waals surface area contributed by atoms with Crippen molar-refractivity contribution in [2.45, 2.75) is 24.2 Å². The maximum atomic E-state index is 11.3. The van der Waals surface area contributed by atoms with Crippen molar-refractivity contribution in [1.82, 2.24) is 0 Å². The zero-order valence-electron chi connectivity index (χ0n) is 8.58. The second kappa shape index (κ2) is 7.03. The van der Waals surface area contributed by atoms with Crippen LogP contribution in [-0.4, -0.2) is 29.6 Å². The lowest BCUT2D eigenvalue weighted by Crippen LogP contribution is -2.32. The number of alkyl halides is 1. The molecule has 0 aliphatic heterocycles. The third kappa shape index (κ3) is 3.81. The van der Waals surface area contributed by atoms with Gasteiger partial charge < -0.3 is 9.47 Å². The van der Waals surface area contributed by atoms with Gasteiger partial charge in [-0.05, 0) is 13.3 Å². The van der Waals surface area contributed by atoms with Crippen molar-refractivity contribution in [1.29, 1.82) is 0 Å². The summed E-state index contributed by atoms with van der Waals surface area (Å²) >= 11 is 1.92. The number of methoxy groups -OCH3 is 1. The minimum atomic E-state index is -0.468. The van der Waals surface area contributed by atoms with Crippen LogP contribution in [0.4, 0.5) is 0 Å². The minimum Gasteiger partial charge on any atom is -0.469 e. The normalized spacial score (nSPS) is 14.3. The summed E-state index contributed by atoms with van der Waals surface area (Å²) in [7, 11) is 1.32. The number of esters is 2. The van der Waals surface area contributed by atoms with E-state index in [1.54, 1.807) is 6.92 Å². The highest BCUT2D eigenvalue weighted by Gasteiger charge is 2.31. The van der Waals surface area contributed by atoms with E-state index in [0.29, 0.717) is 13.0 Å². The quantitative estimate of drug-likeness (QED) is 0.439. The van der Waals surface area contributed by atoms with Crippen molar-refractivity contribution in [3.05, 3.63) is 0 Å². The molecule has 0 spiro atoms. The summed E-state index contributed by atoms with van der Waals surface area (Å²) in [5.74, 6) is -1.13. The van der Waals surface area contributed by atoms with Crippen LogP contribution in [0.5, 0.6) is 0 Å². The van der Waals surface area contributed by atoms with E-state index in [1.165, 1.54) is 7.11 Å². The summed E-state index contributed by atoms with van der Waals surface area (Å²) in [5, 5.41) is 0. The molecule has 0 rings (SSSR count). The molecule has 0 saturated heterocycles. The molecular formula is C9H15IO4. The molecule has 0 radical (unpaired) electrons. The highest BCUT2D eigenvalue weighted by Crippen LogP contribution is 2.20. The van der Waals surface area contributed by atoms with Crippen LogP contribution in [-0.2, 0) is 19.1 Å². The van der Waals surface area contributed by atoms with Crippen molar-refractivity contribution in [3.8, 4) is 0 Å². The van der Waals surface area contributed by atoms with Gasteiger partial charge >= 0.3 is 11.9 Å². The Hall–Kier alpha value is -0.330. The lowest BCUT2D eigenvalue weighted by Gasteiger charge is -2.17. The number of rotatable bonds is 5. The lowest BCUT2D eigenvalue weighted by atomic mass is 10.0. The molecule has 0 aliphatic carbocycles. The molecule has 0 N–H and O–H groups in total. The van der Waals surface area contributed by atoms with Gasteiger partial charge in [-0.25, -0.2) is 0 Å². The topological polar surface area (TPSA) is 52.6 Å². The molecule has 82 valence electrons. The predicted octanol–water partition coefficient (Wildman–Crippen LogP) is 1.55. The van der Waals surface area contributed by atoms with Gasteiger partial charge in [0.15, 0.2) is 0 Å². The smallest absolute Gasteiger partial charge is 0.319 e. The number of ether oxygens (including phenoxy) is 2. The number of carbonyl (C=O) groups is 2. The molecule has 14 heavy (non-hydrogen) atoms. The van der Waals surface area contributed by atoms with Gasteiger partial charge in [0, 0.05) is 0 Å². The Morgan fingerprint density at radius 2 is 1.86 bits per heavy atom. The Balaban J connectivity index is 4.37. The van der Waals surface area contributed by atoms with Crippen LogP contribution in [0.2, 0.25) is 0 Å². The van der Waals surface area contributed by atoms with Crippen molar-refractivity contribution >= 4 is 34.5 Å². The number of carbonyl (C=O) groups excluding carboxylic acids is 2. The summed E-state index contributed by atoms with van der Waals surface area (Å²) in [5.41, 5.74) is 0. The third-order valence-corrected chi connectivity index (χ3v) is 3.19. The fourth-order valence-corrected chi connectivity index (χ4v) is 2.01. The van der Waals surface area contributed by atoms with Crippen LogP contribution in [0, 0.1) is 5.92 Å². The van der Waals surface area contributed by atoms with Crippen LogP contribution in [0.1, 0.15) is 20.3 Å². The summed E-state index contributed by atoms with van der Waals surface area (Å²) in [4.78, 5) is 22.6. The molecule has 0 aliphatic rings. The first-order valence-electron chi connectivity index (χ1n) is 4.46. The molecule has 0 saturated carbocycles. The Bertz CT molecular complexity index is 205. The van der Waals surface area contributed by atoms with Crippen LogP contribution in [0.25, 0.3) is 0 Å². The Morgan fingerprint density at radius 3 is 2.21 bits per heavy atom. The van der Waals surface area contributed by atoms with Crippen molar-refractivity contribution in [2.24, 2.45) is 5.92 Å². The first kappa shape index (κ1) is 13.7. The summed E-state index contributed by atoms with van der Waals surface area (Å²) in [6.45, 7) is 3.91. The van der Waals surface area contributed by atoms with Crippen molar-refractivity contribution < 1.29 is 19.1 Å². The SMILES string of the molecule is CCOC(=O)[C@H](I)[C@@H](CC)C(=O)OC. The second-order valence-electron chi connectivity index (χ2n) is 2.69. The first-order valence-corrected chi connectivity index (χ1v) is 5.71. The molecule has 0 amide bonds. The van der Waals surface area contributed by atoms with E-state index < -0.39 is 9.84 Å². The minimum absolute atomic E-state index is 0.329. The molecular weight excluding hydrogens is 299 g/mol. The van der Waals surface area contributed by atoms with E-state index in [4.69, 9.17) is 4.74 Å². The summed E-state index contributed by atoms with van der Waals surface area (Å²) in [6.07, 6.45) is 0.569. The zero-order valence-corrected chi connectivity index (χ0v) is 10.7. The highest BCUT2D eigenvalue weighted by atomic mass is 127. The fourth-order valence-electron chi connectivity index (χ4n) is 1.03. The highest BCUT2D eigenvalue weighted by molar-refractivity contribution is 14.1. The molecule has 0 heterocycles. The average molecular weight is 314 g/mol. The van der Waals surface area contributed by atoms with Gasteiger partial charge in [0.25, 0.3) is 0 Å². The molecule has 5 heteroatoms. The van der Waals surface area contributed by atoms with E-state index in [1.807, 2.05) is 29.5 Å². The van der Waals surface area contributed by atoms with E-state index in [2.05, 4.69) is 4.74 Å². The standard InChI is InChI=1S/C9H15IO4/c1-4-6(8(11)13-3)7(10)9(12)14-5-2/h6-7H,4-5H2,1-3H3/t6-,7-/m1/s1. The molecule has 0 fully saturated rings. The zero-order chi connectivity index (χ0) is 11.1. The number of hydrogen-bond donors (Lipinski definition) is 0. The van der Waals surface area contributed by atoms with E-state index in [9.17, 15) is 9.59 Å². The van der Waals surface area contributed by atoms with E-state index in [0.717, 1.165) is 0 Å². The van der Waals surface area contributed by atoms with Crippen LogP contribution in [0.15, 0.2) is 0 Å². The number of hydrogen-bond acceptors (Lipinski definition) is 4. The second-order valence-corrected chi connectivity index (χ2v) is 4.03. The third-order valence-electron chi connectivity index (χ3n) is 1.81. The maximum Gasteiger partial charge on any atom is 0.319 e. The van der Waals surface area contributed by atoms with Gasteiger partial charge in [-0.2, -0.15) is 0 Å². The van der Waals surface area contributed by atoms with Crippen molar-refractivity contribution in [2.75, 3.05) is 13.7 Å². The van der Waals surface area contributed by atoms with Crippen LogP contribution in [0.3, 0.4) is 0 Å². The molecule has 0 aromatic carbocycles. The first-order chi connectivity index (χ1) is 6.58. The average Bonchev–Trinajstić information content (AvgIpc) is 2.18. The monoisotopic (exact) mass is 314 g/mol. The largest absolute Gasteiger partial charge is 0.469 e. The lowest BCUT2D eigenvalue weighted by molar-refractivity contribution is -0.152. The van der Waals surface area contributed by atoms with Gasteiger partial charge in [0.2, 0.25) is 0 Å². The van der Waals surface area contributed by atoms with Gasteiger partial charge in [0.05, 0.1) is 19.6 Å². The Kier molecular flexibility index (Phi) is 6.86. The summed E-state index contributed by atoms with van der Waals surface area (Å²) in [6, 6.07) is 0. The predicted molar refractivity (Wildman–Crippen MR) is 60.2 cm³/mol. The molecule has 0 bridgehead atoms. The van der Waals surface area contributed by atoms with Gasteiger partial charge in [-0.15, -0.1) is 0 Å². The van der Waals surface area contributed by atoms with Gasteiger partial charge in [-0.1, -0.05) is 29.5 Å². The maximum absolute atomic E-state index is 11.3. The van der Waals surface area contributed by atoms with E-state index >= 15 is 0 Å². The Morgan fingerprint density at radius 1 is 1.29 bits per heavy atom. The molecule has 0 unspecified atom stereocenters.